The number of halogens is 1. The Balaban J connectivity index is 1.91. The molecule has 0 fully saturated rings. The summed E-state index contributed by atoms with van der Waals surface area (Å²) in [7, 11) is -1.14. The van der Waals surface area contributed by atoms with Gasteiger partial charge in [-0.3, -0.25) is 4.79 Å². The average Bonchev–Trinajstić information content (AvgIpc) is 2.85. The van der Waals surface area contributed by atoms with Crippen molar-refractivity contribution in [3.05, 3.63) is 77.3 Å². The molecule has 0 saturated carbocycles. The zero-order chi connectivity index (χ0) is 25.4. The van der Waals surface area contributed by atoms with Crippen LogP contribution in [-0.4, -0.2) is 41.2 Å². The van der Waals surface area contributed by atoms with Gasteiger partial charge >= 0.3 is 0 Å². The Morgan fingerprint density at radius 3 is 2.31 bits per heavy atom. The van der Waals surface area contributed by atoms with E-state index in [-0.39, 0.29) is 16.3 Å². The van der Waals surface area contributed by atoms with Crippen LogP contribution in [-0.2, 0) is 21.2 Å². The van der Waals surface area contributed by atoms with Crippen molar-refractivity contribution >= 4 is 33.2 Å². The maximum Gasteiger partial charge on any atom is 0.243 e. The smallest absolute Gasteiger partial charge is 0.243 e. The predicted octanol–water partition coefficient (Wildman–Crippen LogP) is 4.28. The van der Waals surface area contributed by atoms with E-state index in [9.17, 15) is 13.2 Å². The molecule has 0 unspecified atom stereocenters. The number of nitrogens with one attached hydrogen (secondary N) is 2. The molecule has 0 aromatic heterocycles. The van der Waals surface area contributed by atoms with Crippen LogP contribution in [0.1, 0.15) is 12.5 Å². The largest absolute Gasteiger partial charge is 0.497 e. The SMILES string of the molecule is CCOc1ccc(S(=O)(=O)N[C@@H](Cc2ccccc2)C(=O)Nc2cc(OC)ccc2OC)cc1Cl. The Bertz CT molecular complexity index is 1270. The maximum absolute atomic E-state index is 13.3. The van der Waals surface area contributed by atoms with E-state index in [0.29, 0.717) is 29.5 Å². The summed E-state index contributed by atoms with van der Waals surface area (Å²) in [5.74, 6) is 0.710. The van der Waals surface area contributed by atoms with Gasteiger partial charge in [-0.15, -0.1) is 0 Å². The summed E-state index contributed by atoms with van der Waals surface area (Å²) < 4.78 is 44.8. The molecule has 3 aromatic rings. The Morgan fingerprint density at radius 2 is 1.69 bits per heavy atom. The second-order valence-electron chi connectivity index (χ2n) is 7.44. The van der Waals surface area contributed by atoms with E-state index in [1.54, 1.807) is 25.1 Å². The van der Waals surface area contributed by atoms with Crippen LogP contribution in [0.3, 0.4) is 0 Å². The van der Waals surface area contributed by atoms with Crippen molar-refractivity contribution in [2.24, 2.45) is 0 Å². The predicted molar refractivity (Wildman–Crippen MR) is 135 cm³/mol. The molecule has 3 rings (SSSR count). The normalized spacial score (nSPS) is 12.0. The summed E-state index contributed by atoms with van der Waals surface area (Å²) in [6.07, 6.45) is 0.114. The highest BCUT2D eigenvalue weighted by atomic mass is 35.5. The van der Waals surface area contributed by atoms with E-state index >= 15 is 0 Å². The molecule has 0 radical (unpaired) electrons. The van der Waals surface area contributed by atoms with Crippen molar-refractivity contribution in [1.82, 2.24) is 4.72 Å². The van der Waals surface area contributed by atoms with E-state index in [4.69, 9.17) is 25.8 Å². The van der Waals surface area contributed by atoms with Crippen LogP contribution in [0.5, 0.6) is 17.2 Å². The van der Waals surface area contributed by atoms with Gasteiger partial charge in [-0.05, 0) is 49.2 Å². The van der Waals surface area contributed by atoms with Gasteiger partial charge in [0.2, 0.25) is 15.9 Å². The van der Waals surface area contributed by atoms with E-state index in [0.717, 1.165) is 5.56 Å². The monoisotopic (exact) mass is 518 g/mol. The molecule has 1 atom stereocenters. The Labute approximate surface area is 210 Å². The van der Waals surface area contributed by atoms with Crippen molar-refractivity contribution in [2.75, 3.05) is 26.1 Å². The highest BCUT2D eigenvalue weighted by Gasteiger charge is 2.27. The lowest BCUT2D eigenvalue weighted by Gasteiger charge is -2.20. The zero-order valence-electron chi connectivity index (χ0n) is 19.6. The third-order valence-corrected chi connectivity index (χ3v) is 6.84. The number of ether oxygens (including phenoxy) is 3. The minimum absolute atomic E-state index is 0.0872. The number of sulfonamides is 1. The molecule has 0 aliphatic carbocycles. The second-order valence-corrected chi connectivity index (χ2v) is 9.57. The number of hydrogen-bond acceptors (Lipinski definition) is 6. The molecule has 1 amide bonds. The van der Waals surface area contributed by atoms with Gasteiger partial charge in [-0.25, -0.2) is 8.42 Å². The number of carbonyl (C=O) groups excluding carboxylic acids is 1. The summed E-state index contributed by atoms with van der Waals surface area (Å²) in [5.41, 5.74) is 1.12. The van der Waals surface area contributed by atoms with Crippen LogP contribution in [0.25, 0.3) is 0 Å². The molecule has 0 saturated heterocycles. The van der Waals surface area contributed by atoms with E-state index in [1.807, 2.05) is 30.3 Å². The van der Waals surface area contributed by atoms with Gasteiger partial charge < -0.3 is 19.5 Å². The Kier molecular flexibility index (Phi) is 8.97. The van der Waals surface area contributed by atoms with Crippen molar-refractivity contribution in [1.29, 1.82) is 0 Å². The summed E-state index contributed by atoms with van der Waals surface area (Å²) in [6, 6.07) is 17.0. The number of anilines is 1. The molecule has 0 heterocycles. The molecular weight excluding hydrogens is 492 g/mol. The highest BCUT2D eigenvalue weighted by molar-refractivity contribution is 7.89. The second kappa shape index (κ2) is 11.9. The first-order valence-electron chi connectivity index (χ1n) is 10.8. The minimum Gasteiger partial charge on any atom is -0.497 e. The molecule has 0 aliphatic heterocycles. The van der Waals surface area contributed by atoms with Gasteiger partial charge in [0.1, 0.15) is 23.3 Å². The summed E-state index contributed by atoms with van der Waals surface area (Å²) >= 11 is 6.19. The first-order chi connectivity index (χ1) is 16.8. The van der Waals surface area contributed by atoms with Gasteiger partial charge in [0.05, 0.1) is 36.4 Å². The highest BCUT2D eigenvalue weighted by Crippen LogP contribution is 2.30. The van der Waals surface area contributed by atoms with E-state index in [2.05, 4.69) is 10.0 Å². The molecule has 8 nitrogen and oxygen atoms in total. The van der Waals surface area contributed by atoms with Gasteiger partial charge in [-0.1, -0.05) is 41.9 Å². The fourth-order valence-corrected chi connectivity index (χ4v) is 4.87. The molecule has 0 spiro atoms. The minimum atomic E-state index is -4.11. The van der Waals surface area contributed by atoms with Crippen LogP contribution in [0.15, 0.2) is 71.6 Å². The van der Waals surface area contributed by atoms with E-state index in [1.165, 1.54) is 32.4 Å². The first-order valence-corrected chi connectivity index (χ1v) is 12.6. The Morgan fingerprint density at radius 1 is 0.971 bits per heavy atom. The topological polar surface area (TPSA) is 103 Å². The van der Waals surface area contributed by atoms with Crippen molar-refractivity contribution in [2.45, 2.75) is 24.3 Å². The third kappa shape index (κ3) is 6.88. The number of amides is 1. The fourth-order valence-electron chi connectivity index (χ4n) is 3.35. The van der Waals surface area contributed by atoms with Crippen molar-refractivity contribution < 1.29 is 27.4 Å². The molecule has 3 aromatic carbocycles. The van der Waals surface area contributed by atoms with E-state index < -0.39 is 22.0 Å². The Hall–Kier alpha value is -3.27. The van der Waals surface area contributed by atoms with Gasteiger partial charge in [0.25, 0.3) is 0 Å². The summed E-state index contributed by atoms with van der Waals surface area (Å²) in [6.45, 7) is 2.18. The van der Waals surface area contributed by atoms with Crippen molar-refractivity contribution in [3.8, 4) is 17.2 Å². The third-order valence-electron chi connectivity index (χ3n) is 5.07. The number of hydrogen-bond donors (Lipinski definition) is 2. The van der Waals surface area contributed by atoms with Crippen LogP contribution in [0, 0.1) is 0 Å². The van der Waals surface area contributed by atoms with Gasteiger partial charge in [0, 0.05) is 6.07 Å². The van der Waals surface area contributed by atoms with Gasteiger partial charge in [-0.2, -0.15) is 4.72 Å². The van der Waals surface area contributed by atoms with Crippen LogP contribution in [0.4, 0.5) is 5.69 Å². The van der Waals surface area contributed by atoms with Gasteiger partial charge in [0.15, 0.2) is 0 Å². The number of rotatable bonds is 11. The summed E-state index contributed by atoms with van der Waals surface area (Å²) in [5, 5.41) is 2.90. The first kappa shape index (κ1) is 26.3. The number of methoxy groups -OCH3 is 2. The maximum atomic E-state index is 13.3. The lowest BCUT2D eigenvalue weighted by molar-refractivity contribution is -0.117. The number of benzene rings is 3. The standard InChI is InChI=1S/C25H27ClN2O6S/c1-4-34-23-13-11-19(16-20(23)26)35(30,31)28-22(14-17-8-6-5-7-9-17)25(29)27-21-15-18(32-2)10-12-24(21)33-3/h5-13,15-16,22,28H,4,14H2,1-3H3,(H,27,29)/t22-/m0/s1. The molecule has 35 heavy (non-hydrogen) atoms. The molecule has 0 aliphatic rings. The molecular formula is C25H27ClN2O6S. The molecule has 0 bridgehead atoms. The molecule has 10 heteroatoms. The molecule has 2 N–H and O–H groups in total. The molecule has 186 valence electrons. The zero-order valence-corrected chi connectivity index (χ0v) is 21.2. The summed E-state index contributed by atoms with van der Waals surface area (Å²) in [4.78, 5) is 13.2. The van der Waals surface area contributed by atoms with Crippen molar-refractivity contribution in [3.63, 3.8) is 0 Å². The quantitative estimate of drug-likeness (QED) is 0.392. The number of carbonyl (C=O) groups is 1. The van der Waals surface area contributed by atoms with Crippen LogP contribution < -0.4 is 24.2 Å². The lowest BCUT2D eigenvalue weighted by atomic mass is 10.1. The average molecular weight is 519 g/mol. The lowest BCUT2D eigenvalue weighted by Crippen LogP contribution is -2.45. The van der Waals surface area contributed by atoms with Crippen LogP contribution in [0.2, 0.25) is 5.02 Å². The van der Waals surface area contributed by atoms with Crippen LogP contribution >= 0.6 is 11.6 Å². The fraction of sp³-hybridized carbons (Fsp3) is 0.240.